The molecule has 2 saturated carbocycles. The maximum Gasteiger partial charge on any atom is 0.336 e. The van der Waals surface area contributed by atoms with Crippen LogP contribution in [-0.4, -0.2) is 52.0 Å². The maximum atomic E-state index is 11.9. The van der Waals surface area contributed by atoms with Gasteiger partial charge in [0.15, 0.2) is 0 Å². The summed E-state index contributed by atoms with van der Waals surface area (Å²) in [6.07, 6.45) is 2.64. The van der Waals surface area contributed by atoms with Crippen molar-refractivity contribution in [3.8, 4) is 0 Å². The minimum Gasteiger partial charge on any atom is -0.429 e. The second-order valence-corrected chi connectivity index (χ2v) is 9.33. The number of ether oxygens (including phenoxy) is 2. The van der Waals surface area contributed by atoms with Crippen LogP contribution in [0.3, 0.4) is 0 Å². The zero-order valence-corrected chi connectivity index (χ0v) is 15.8. The van der Waals surface area contributed by atoms with Crippen LogP contribution in [0.4, 0.5) is 0 Å². The van der Waals surface area contributed by atoms with Crippen LogP contribution in [0, 0.1) is 22.7 Å². The highest BCUT2D eigenvalue weighted by atomic mass is 16.6. The number of fused-ring (bicyclic) bond motifs is 2. The van der Waals surface area contributed by atoms with E-state index in [1.54, 1.807) is 0 Å². The zero-order valence-electron chi connectivity index (χ0n) is 15.8. The first-order chi connectivity index (χ1) is 12.1. The van der Waals surface area contributed by atoms with Crippen LogP contribution in [0.1, 0.15) is 52.9 Å². The number of aliphatic hydroxyl groups is 3. The van der Waals surface area contributed by atoms with Crippen molar-refractivity contribution in [2.24, 2.45) is 22.7 Å². The van der Waals surface area contributed by atoms with Crippen molar-refractivity contribution in [1.29, 1.82) is 0 Å². The van der Waals surface area contributed by atoms with Crippen molar-refractivity contribution in [3.05, 3.63) is 11.6 Å². The molecular formula is C20H30O6. The average Bonchev–Trinajstić information content (AvgIpc) is 3.33. The van der Waals surface area contributed by atoms with E-state index < -0.39 is 30.1 Å². The van der Waals surface area contributed by atoms with Gasteiger partial charge >= 0.3 is 5.97 Å². The highest BCUT2D eigenvalue weighted by Gasteiger charge is 2.73. The Labute approximate surface area is 154 Å². The summed E-state index contributed by atoms with van der Waals surface area (Å²) >= 11 is 0. The van der Waals surface area contributed by atoms with Gasteiger partial charge in [-0.15, -0.1) is 0 Å². The summed E-state index contributed by atoms with van der Waals surface area (Å²) in [5.74, 6) is 0.192. The number of rotatable bonds is 3. The molecule has 0 bridgehead atoms. The monoisotopic (exact) mass is 366 g/mol. The minimum absolute atomic E-state index is 0.0955. The average molecular weight is 366 g/mol. The lowest BCUT2D eigenvalue weighted by Crippen LogP contribution is -2.65. The Kier molecular flexibility index (Phi) is 4.09. The number of epoxide rings is 1. The lowest BCUT2D eigenvalue weighted by molar-refractivity contribution is -0.197. The van der Waals surface area contributed by atoms with E-state index in [0.717, 1.165) is 19.3 Å². The van der Waals surface area contributed by atoms with E-state index in [1.165, 1.54) is 6.08 Å². The van der Waals surface area contributed by atoms with Crippen molar-refractivity contribution < 1.29 is 29.6 Å². The highest BCUT2D eigenvalue weighted by Crippen LogP contribution is 2.68. The molecule has 2 aliphatic carbocycles. The molecule has 1 spiro atoms. The number of hydrogen-bond acceptors (Lipinski definition) is 6. The van der Waals surface area contributed by atoms with Crippen molar-refractivity contribution in [3.63, 3.8) is 0 Å². The van der Waals surface area contributed by atoms with Gasteiger partial charge in [-0.05, 0) is 55.4 Å². The standard InChI is InChI=1S/C20H30O6/c1-11-4-7-19(3)14(9-13(21)16(23)20(19)10-25-20)18(11,2)6-5-12-8-15(22)26-17(12)24/h8,11,13-16,21-23H,4-7,9-10H2,1-3H3/t11-,13+,14-,15+,16+,18+,19-,20-/m1/s1. The van der Waals surface area contributed by atoms with Gasteiger partial charge < -0.3 is 24.8 Å². The molecule has 0 aromatic rings. The summed E-state index contributed by atoms with van der Waals surface area (Å²) in [6, 6.07) is 0. The molecule has 146 valence electrons. The molecule has 2 aliphatic heterocycles. The summed E-state index contributed by atoms with van der Waals surface area (Å²) in [5, 5.41) is 30.6. The molecule has 0 aromatic heterocycles. The van der Waals surface area contributed by atoms with Crippen LogP contribution in [0.15, 0.2) is 11.6 Å². The van der Waals surface area contributed by atoms with E-state index in [-0.39, 0.29) is 16.7 Å². The van der Waals surface area contributed by atoms with Gasteiger partial charge in [-0.1, -0.05) is 20.8 Å². The fourth-order valence-corrected chi connectivity index (χ4v) is 6.19. The van der Waals surface area contributed by atoms with Crippen LogP contribution >= 0.6 is 0 Å². The first kappa shape index (κ1) is 18.4. The Bertz CT molecular complexity index is 640. The summed E-state index contributed by atoms with van der Waals surface area (Å²) in [5.41, 5.74) is -0.371. The molecule has 6 nitrogen and oxygen atoms in total. The Balaban J connectivity index is 1.62. The second kappa shape index (κ2) is 5.77. The highest BCUT2D eigenvalue weighted by molar-refractivity contribution is 5.90. The van der Waals surface area contributed by atoms with Gasteiger partial charge in [0.2, 0.25) is 6.29 Å². The normalized spacial score (nSPS) is 53.2. The van der Waals surface area contributed by atoms with E-state index >= 15 is 0 Å². The van der Waals surface area contributed by atoms with Crippen molar-refractivity contribution >= 4 is 5.97 Å². The Morgan fingerprint density at radius 1 is 1.27 bits per heavy atom. The molecule has 1 saturated heterocycles. The third kappa shape index (κ3) is 2.35. The molecule has 4 aliphatic rings. The smallest absolute Gasteiger partial charge is 0.336 e. The number of carbonyl (C=O) groups is 1. The van der Waals surface area contributed by atoms with E-state index in [1.807, 2.05) is 0 Å². The van der Waals surface area contributed by atoms with Crippen LogP contribution < -0.4 is 0 Å². The molecule has 3 N–H and O–H groups in total. The molecule has 6 heteroatoms. The summed E-state index contributed by atoms with van der Waals surface area (Å²) in [6.45, 7) is 7.20. The maximum absolute atomic E-state index is 11.9. The first-order valence-electron chi connectivity index (χ1n) is 9.74. The molecule has 2 heterocycles. The van der Waals surface area contributed by atoms with Gasteiger partial charge in [0, 0.05) is 11.0 Å². The van der Waals surface area contributed by atoms with Gasteiger partial charge in [-0.2, -0.15) is 0 Å². The number of cyclic esters (lactones) is 1. The molecule has 4 rings (SSSR count). The molecule has 0 unspecified atom stereocenters. The predicted octanol–water partition coefficient (Wildman–Crippen LogP) is 1.52. The molecule has 0 aromatic carbocycles. The summed E-state index contributed by atoms with van der Waals surface area (Å²) in [4.78, 5) is 11.9. The Hall–Kier alpha value is -0.950. The van der Waals surface area contributed by atoms with Gasteiger partial charge in [-0.3, -0.25) is 0 Å². The zero-order chi connectivity index (χ0) is 18.9. The Morgan fingerprint density at radius 3 is 2.54 bits per heavy atom. The van der Waals surface area contributed by atoms with Gasteiger partial charge in [0.05, 0.1) is 12.7 Å². The summed E-state index contributed by atoms with van der Waals surface area (Å²) in [7, 11) is 0. The van der Waals surface area contributed by atoms with E-state index in [4.69, 9.17) is 9.47 Å². The second-order valence-electron chi connectivity index (χ2n) is 9.33. The molecule has 26 heavy (non-hydrogen) atoms. The third-order valence-corrected chi connectivity index (χ3v) is 8.30. The predicted molar refractivity (Wildman–Crippen MR) is 92.8 cm³/mol. The minimum atomic E-state index is -1.13. The largest absolute Gasteiger partial charge is 0.429 e. The number of carbonyl (C=O) groups excluding carboxylic acids is 1. The molecule has 3 fully saturated rings. The van der Waals surface area contributed by atoms with Gasteiger partial charge in [0.1, 0.15) is 11.7 Å². The van der Waals surface area contributed by atoms with E-state index in [9.17, 15) is 20.1 Å². The van der Waals surface area contributed by atoms with Crippen LogP contribution in [0.25, 0.3) is 0 Å². The topological polar surface area (TPSA) is 99.5 Å². The fourth-order valence-electron chi connectivity index (χ4n) is 6.19. The van der Waals surface area contributed by atoms with Crippen molar-refractivity contribution in [2.45, 2.75) is 77.0 Å². The van der Waals surface area contributed by atoms with Crippen LogP contribution in [0.2, 0.25) is 0 Å². The lowest BCUT2D eigenvalue weighted by Gasteiger charge is -2.61. The SMILES string of the molecule is C[C@@H]1CC[C@]2(C)[C@H](C[C@H](O)[C@H](O)[C@]23CO3)[C@@]1(C)CCC1=C[C@@H](O)OC1=O. The number of aliphatic hydroxyl groups excluding tert-OH is 3. The number of esters is 1. The summed E-state index contributed by atoms with van der Waals surface area (Å²) < 4.78 is 10.6. The van der Waals surface area contributed by atoms with Crippen LogP contribution in [0.5, 0.6) is 0 Å². The molecule has 0 radical (unpaired) electrons. The Morgan fingerprint density at radius 2 is 1.96 bits per heavy atom. The van der Waals surface area contributed by atoms with Crippen molar-refractivity contribution in [1.82, 2.24) is 0 Å². The van der Waals surface area contributed by atoms with Crippen LogP contribution in [-0.2, 0) is 14.3 Å². The van der Waals surface area contributed by atoms with Gasteiger partial charge in [-0.25, -0.2) is 4.79 Å². The van der Waals surface area contributed by atoms with Gasteiger partial charge in [0.25, 0.3) is 0 Å². The quantitative estimate of drug-likeness (QED) is 0.517. The van der Waals surface area contributed by atoms with E-state index in [2.05, 4.69) is 20.8 Å². The van der Waals surface area contributed by atoms with E-state index in [0.29, 0.717) is 30.9 Å². The first-order valence-corrected chi connectivity index (χ1v) is 9.74. The fraction of sp³-hybridized carbons (Fsp3) is 0.850. The molecule has 8 atom stereocenters. The number of hydrogen-bond donors (Lipinski definition) is 3. The molecular weight excluding hydrogens is 336 g/mol. The lowest BCUT2D eigenvalue weighted by atomic mass is 9.43. The molecule has 0 amide bonds. The third-order valence-electron chi connectivity index (χ3n) is 8.30. The van der Waals surface area contributed by atoms with Crippen molar-refractivity contribution in [2.75, 3.05) is 6.61 Å².